The number of non-ortho nitro benzene ring substituents is 1. The van der Waals surface area contributed by atoms with Gasteiger partial charge in [0.2, 0.25) is 5.79 Å². The lowest BCUT2D eigenvalue weighted by Crippen LogP contribution is -2.70. The van der Waals surface area contributed by atoms with Gasteiger partial charge < -0.3 is 34.0 Å². The number of hydrogen-bond acceptors (Lipinski definition) is 11. The van der Waals surface area contributed by atoms with Crippen LogP contribution in [0.3, 0.4) is 0 Å². The number of carbonyl (C=O) groups excluding carboxylic acids is 1. The van der Waals surface area contributed by atoms with Crippen molar-refractivity contribution in [2.24, 2.45) is 22.9 Å². The molecule has 0 bridgehead atoms. The van der Waals surface area contributed by atoms with Crippen LogP contribution in [-0.4, -0.2) is 76.0 Å². The van der Waals surface area contributed by atoms with Crippen LogP contribution in [-0.2, 0) is 27.5 Å². The Balaban J connectivity index is 1.30. The number of unbranched alkanes of at least 4 members (excludes halogenated alkanes) is 2. The van der Waals surface area contributed by atoms with Crippen molar-refractivity contribution in [2.75, 3.05) is 32.3 Å². The lowest BCUT2D eigenvalue weighted by molar-refractivity contribution is -0.384. The summed E-state index contributed by atoms with van der Waals surface area (Å²) in [5.74, 6) is -1.40. The first-order valence-electron chi connectivity index (χ1n) is 24.2. The third-order valence-corrected chi connectivity index (χ3v) is 13.7. The topological polar surface area (TPSA) is 162 Å². The van der Waals surface area contributed by atoms with Crippen LogP contribution < -0.4 is 9.47 Å². The molecule has 0 spiro atoms. The Kier molecular flexibility index (Phi) is 17.2. The molecule has 1 fully saturated rings. The number of alkyl halides is 1. The number of nitrogens with zero attached hydrogens (tertiary/aromatic N) is 3. The maximum atomic E-state index is 14.6. The Morgan fingerprint density at radius 2 is 1.59 bits per heavy atom. The molecule has 5 aromatic rings. The molecule has 1 saturated carbocycles. The van der Waals surface area contributed by atoms with E-state index in [1.165, 1.54) is 29.2 Å². The number of rotatable bonds is 23. The summed E-state index contributed by atoms with van der Waals surface area (Å²) >= 11 is 6.11. The number of aliphatic hydroxyl groups is 2. The van der Waals surface area contributed by atoms with Gasteiger partial charge in [-0.2, -0.15) is 0 Å². The van der Waals surface area contributed by atoms with Crippen molar-refractivity contribution in [3.63, 3.8) is 0 Å². The number of fused-ring (bicyclic) bond motifs is 2. The van der Waals surface area contributed by atoms with Crippen molar-refractivity contribution in [1.82, 2.24) is 4.90 Å². The van der Waals surface area contributed by atoms with E-state index in [1.807, 2.05) is 60.7 Å². The standard InChI is InChI=1S/C56H59ClFN3O10/c1-2-31-68-56-52(60(55(64)67-32-28-57)36-38-14-20-43(58)21-15-38)35-50(59-69-37-39-16-22-44(23-17-39)61(65)66)48-33-42(12-6-8-29-62)47(13-7-9-30-63)53(54(48)56)49-34-46(26-27-51(49)71-56)70-45-24-18-41(19-25-45)40-10-4-3-5-11-40/h2-5,10-11,14-27,33-34,42,47,52-54,62-63H,1,6-9,12-13,28-32,35-37H2. The van der Waals surface area contributed by atoms with Crippen LogP contribution in [0.15, 0.2) is 151 Å². The second-order valence-corrected chi connectivity index (χ2v) is 18.4. The van der Waals surface area contributed by atoms with E-state index in [2.05, 4.69) is 24.8 Å². The molecule has 6 atom stereocenters. The van der Waals surface area contributed by atoms with Gasteiger partial charge in [0.1, 0.15) is 42.3 Å². The Hall–Kier alpha value is -6.58. The molecule has 0 radical (unpaired) electrons. The van der Waals surface area contributed by atoms with Crippen LogP contribution >= 0.6 is 11.6 Å². The normalized spacial score (nSPS) is 21.5. The van der Waals surface area contributed by atoms with E-state index in [4.69, 9.17) is 40.5 Å². The van der Waals surface area contributed by atoms with Crippen molar-refractivity contribution in [3.05, 3.63) is 178 Å². The smallest absolute Gasteiger partial charge is 0.410 e. The highest BCUT2D eigenvalue weighted by Crippen LogP contribution is 2.62. The molecule has 5 aromatic carbocycles. The molecular weight excluding hydrogens is 929 g/mol. The third-order valence-electron chi connectivity index (χ3n) is 13.6. The minimum atomic E-state index is -1.62. The number of amides is 1. The number of ether oxygens (including phenoxy) is 4. The number of nitro groups is 1. The summed E-state index contributed by atoms with van der Waals surface area (Å²) in [4.78, 5) is 33.3. The average molecular weight is 989 g/mol. The Bertz CT molecular complexity index is 2650. The molecule has 1 aliphatic heterocycles. The van der Waals surface area contributed by atoms with E-state index < -0.39 is 34.6 Å². The largest absolute Gasteiger partial charge is 0.459 e. The van der Waals surface area contributed by atoms with E-state index in [-0.39, 0.29) is 75.3 Å². The molecule has 2 N–H and O–H groups in total. The monoisotopic (exact) mass is 987 g/mol. The summed E-state index contributed by atoms with van der Waals surface area (Å²) in [5.41, 5.74) is 5.53. The summed E-state index contributed by atoms with van der Waals surface area (Å²) in [6, 6.07) is 34.7. The highest BCUT2D eigenvalue weighted by Gasteiger charge is 2.65. The number of nitro benzene ring substituents is 1. The maximum absolute atomic E-state index is 14.6. The molecule has 1 amide bonds. The highest BCUT2D eigenvalue weighted by molar-refractivity contribution is 6.18. The Morgan fingerprint density at radius 1 is 0.901 bits per heavy atom. The van der Waals surface area contributed by atoms with E-state index in [0.29, 0.717) is 53.3 Å². The third kappa shape index (κ3) is 11.8. The zero-order chi connectivity index (χ0) is 49.7. The Labute approximate surface area is 418 Å². The lowest BCUT2D eigenvalue weighted by atomic mass is 9.55. The van der Waals surface area contributed by atoms with Gasteiger partial charge in [-0.05, 0) is 120 Å². The zero-order valence-corrected chi connectivity index (χ0v) is 40.2. The van der Waals surface area contributed by atoms with Crippen LogP contribution in [0.2, 0.25) is 0 Å². The van der Waals surface area contributed by atoms with Crippen LogP contribution in [0, 0.1) is 33.7 Å². The van der Waals surface area contributed by atoms with Gasteiger partial charge in [-0.15, -0.1) is 18.2 Å². The molecule has 6 unspecified atom stereocenters. The SMILES string of the molecule is C=CCOC12Oc3ccc(Oc4ccc(-c5ccccc5)cc4)cc3C3C(CCCCO)C(CCCCO)C=C(C(=NOCc4ccc([N+](=O)[O-])cc4)CC1N(Cc1ccc(F)cc1)C(=O)OCCCl)C32. The number of hydrogen-bond donors (Lipinski definition) is 2. The van der Waals surface area contributed by atoms with Gasteiger partial charge >= 0.3 is 6.09 Å². The fraction of sp³-hybridized carbons (Fsp3) is 0.357. The van der Waals surface area contributed by atoms with E-state index >= 15 is 0 Å². The molecule has 71 heavy (non-hydrogen) atoms. The second kappa shape index (κ2) is 24.0. The second-order valence-electron chi connectivity index (χ2n) is 18.0. The molecule has 3 aliphatic rings. The molecule has 2 aliphatic carbocycles. The number of halogens is 2. The van der Waals surface area contributed by atoms with Gasteiger partial charge in [-0.3, -0.25) is 15.0 Å². The fourth-order valence-electron chi connectivity index (χ4n) is 10.4. The molecule has 0 aromatic heterocycles. The Morgan fingerprint density at radius 3 is 2.28 bits per heavy atom. The maximum Gasteiger partial charge on any atom is 0.410 e. The molecular formula is C56H59ClFN3O10. The highest BCUT2D eigenvalue weighted by atomic mass is 35.5. The van der Waals surface area contributed by atoms with E-state index in [0.717, 1.165) is 41.5 Å². The summed E-state index contributed by atoms with van der Waals surface area (Å²) in [6.45, 7) is 3.98. The molecule has 15 heteroatoms. The van der Waals surface area contributed by atoms with Crippen LogP contribution in [0.1, 0.15) is 67.6 Å². The quantitative estimate of drug-likeness (QED) is 0.0212. The van der Waals surface area contributed by atoms with Gasteiger partial charge in [0.05, 0.1) is 29.0 Å². The van der Waals surface area contributed by atoms with Gasteiger partial charge in [-0.1, -0.05) is 84.7 Å². The molecule has 0 saturated heterocycles. The summed E-state index contributed by atoms with van der Waals surface area (Å²) < 4.78 is 41.3. The average Bonchev–Trinajstić information content (AvgIpc) is 3.39. The van der Waals surface area contributed by atoms with Crippen molar-refractivity contribution in [1.29, 1.82) is 0 Å². The van der Waals surface area contributed by atoms with Crippen molar-refractivity contribution >= 4 is 29.1 Å². The number of carbonyl (C=O) groups is 1. The number of oxime groups is 1. The van der Waals surface area contributed by atoms with E-state index in [1.54, 1.807) is 30.3 Å². The predicted octanol–water partition coefficient (Wildman–Crippen LogP) is 11.9. The summed E-state index contributed by atoms with van der Waals surface area (Å²) in [6.07, 6.45) is 7.31. The van der Waals surface area contributed by atoms with Crippen LogP contribution in [0.25, 0.3) is 11.1 Å². The lowest BCUT2D eigenvalue weighted by Gasteiger charge is -2.59. The fourth-order valence-corrected chi connectivity index (χ4v) is 10.5. The van der Waals surface area contributed by atoms with Crippen molar-refractivity contribution in [2.45, 2.75) is 75.8 Å². The molecule has 8 rings (SSSR count). The number of benzene rings is 5. The van der Waals surface area contributed by atoms with Crippen LogP contribution in [0.5, 0.6) is 17.2 Å². The van der Waals surface area contributed by atoms with Gasteiger partial charge in [0.15, 0.2) is 0 Å². The first kappa shape index (κ1) is 50.8. The first-order valence-corrected chi connectivity index (χ1v) is 24.7. The first-order chi connectivity index (χ1) is 34.7. The summed E-state index contributed by atoms with van der Waals surface area (Å²) in [7, 11) is 0. The van der Waals surface area contributed by atoms with Gasteiger partial charge in [0.25, 0.3) is 5.69 Å². The van der Waals surface area contributed by atoms with Crippen molar-refractivity contribution < 1.29 is 48.1 Å². The minimum absolute atomic E-state index is 0.0151. The van der Waals surface area contributed by atoms with E-state index in [9.17, 15) is 29.5 Å². The minimum Gasteiger partial charge on any atom is -0.459 e. The number of aliphatic hydroxyl groups excluding tert-OH is 2. The van der Waals surface area contributed by atoms with Gasteiger partial charge in [0, 0.05) is 49.8 Å². The van der Waals surface area contributed by atoms with Crippen LogP contribution in [0.4, 0.5) is 14.9 Å². The molecule has 13 nitrogen and oxygen atoms in total. The molecule has 372 valence electrons. The number of allylic oxidation sites excluding steroid dienone is 1. The zero-order valence-electron chi connectivity index (χ0n) is 39.5. The van der Waals surface area contributed by atoms with Gasteiger partial charge in [-0.25, -0.2) is 9.18 Å². The van der Waals surface area contributed by atoms with Crippen molar-refractivity contribution in [3.8, 4) is 28.4 Å². The predicted molar refractivity (Wildman–Crippen MR) is 269 cm³/mol. The summed E-state index contributed by atoms with van der Waals surface area (Å²) in [5, 5.41) is 36.4. The molecule has 1 heterocycles.